The summed E-state index contributed by atoms with van der Waals surface area (Å²) in [5.41, 5.74) is 3.80. The van der Waals surface area contributed by atoms with E-state index in [-0.39, 0.29) is 29.8 Å². The zero-order valence-corrected chi connectivity index (χ0v) is 26.4. The molecule has 0 saturated heterocycles. The van der Waals surface area contributed by atoms with Gasteiger partial charge in [0.15, 0.2) is 0 Å². The minimum absolute atomic E-state index is 0.0869. The summed E-state index contributed by atoms with van der Waals surface area (Å²) in [7, 11) is 2.14. The van der Waals surface area contributed by atoms with Gasteiger partial charge in [-0.1, -0.05) is 12.5 Å². The van der Waals surface area contributed by atoms with E-state index < -0.39 is 0 Å². The summed E-state index contributed by atoms with van der Waals surface area (Å²) in [6, 6.07) is 14.9. The van der Waals surface area contributed by atoms with Gasteiger partial charge < -0.3 is 54.5 Å². The van der Waals surface area contributed by atoms with Crippen LogP contribution in [0.25, 0.3) is 0 Å². The summed E-state index contributed by atoms with van der Waals surface area (Å²) < 4.78 is 21.0. The first-order chi connectivity index (χ1) is 23.9. The van der Waals surface area contributed by atoms with E-state index >= 15 is 0 Å². The van der Waals surface area contributed by atoms with Crippen LogP contribution in [0.2, 0.25) is 0 Å². The van der Waals surface area contributed by atoms with Crippen molar-refractivity contribution in [1.82, 2.24) is 0 Å². The van der Waals surface area contributed by atoms with E-state index in [0.29, 0.717) is 95.6 Å². The monoisotopic (exact) mass is 664 g/mol. The Morgan fingerprint density at radius 2 is 1.47 bits per heavy atom. The minimum Gasteiger partial charge on any atom is -0.537 e. The highest BCUT2D eigenvalue weighted by Gasteiger charge is 2.16. The van der Waals surface area contributed by atoms with Crippen molar-refractivity contribution in [3.8, 4) is 17.2 Å². The topological polar surface area (TPSA) is 204 Å². The standard InChI is InChI=1S/C31H32B4N4O10/c1-19-6-7-20(15-27(19)46-32-42)36-24-11-8-21(16-28(24)47-33-43)37-25-12-9-22(17-29(25)48-34-44)38-26-13-10-23(18-30(26)49-35-45)39-31(41)5-3-2-4-14-40/h6-13,15-18,38,40,42-45H,2-5,14H2,1H3,(H,39,41). The van der Waals surface area contributed by atoms with Crippen LogP contribution >= 0.6 is 0 Å². The molecule has 18 heteroatoms. The molecule has 0 atom stereocenters. The molecule has 0 spiro atoms. The molecule has 0 saturated carbocycles. The van der Waals surface area contributed by atoms with Gasteiger partial charge in [-0.05, 0) is 67.8 Å². The number of nitrogens with zero attached hydrogens (tertiary/aromatic N) is 2. The molecule has 0 unspecified atom stereocenters. The highest BCUT2D eigenvalue weighted by Crippen LogP contribution is 2.36. The highest BCUT2D eigenvalue weighted by atomic mass is 16.5. The third kappa shape index (κ3) is 11.0. The number of benzene rings is 3. The van der Waals surface area contributed by atoms with Crippen LogP contribution in [-0.4, -0.2) is 79.9 Å². The number of allylic oxidation sites excluding steroid dienone is 3. The number of nitrogens with one attached hydrogen (secondary N) is 2. The van der Waals surface area contributed by atoms with Crippen LogP contribution in [0.4, 0.5) is 28.4 Å². The van der Waals surface area contributed by atoms with Crippen LogP contribution < -0.4 is 24.6 Å². The van der Waals surface area contributed by atoms with E-state index in [9.17, 15) is 19.9 Å². The zero-order valence-electron chi connectivity index (χ0n) is 26.4. The Bertz CT molecular complexity index is 1720. The van der Waals surface area contributed by atoms with Gasteiger partial charge in [0, 0.05) is 48.7 Å². The lowest BCUT2D eigenvalue weighted by Crippen LogP contribution is -2.13. The lowest BCUT2D eigenvalue weighted by molar-refractivity contribution is -0.116. The average molecular weight is 664 g/mol. The molecular formula is C31H32B4N4O10. The summed E-state index contributed by atoms with van der Waals surface area (Å²) in [6.45, 7) is 1.90. The third-order valence-electron chi connectivity index (χ3n) is 6.90. The summed E-state index contributed by atoms with van der Waals surface area (Å²) in [4.78, 5) is 21.4. The second-order valence-corrected chi connectivity index (χ2v) is 10.3. The van der Waals surface area contributed by atoms with Crippen molar-refractivity contribution in [2.45, 2.75) is 32.6 Å². The number of rotatable bonds is 18. The number of aliphatic hydroxyl groups is 1. The van der Waals surface area contributed by atoms with Crippen molar-refractivity contribution in [3.05, 3.63) is 84.1 Å². The highest BCUT2D eigenvalue weighted by molar-refractivity contribution is 6.25. The van der Waals surface area contributed by atoms with Crippen LogP contribution in [0, 0.1) is 6.92 Å². The molecule has 248 valence electrons. The number of amides is 1. The van der Waals surface area contributed by atoms with Gasteiger partial charge in [-0.25, -0.2) is 9.98 Å². The number of anilines is 3. The predicted molar refractivity (Wildman–Crippen MR) is 188 cm³/mol. The van der Waals surface area contributed by atoms with Gasteiger partial charge >= 0.3 is 30.7 Å². The fourth-order valence-electron chi connectivity index (χ4n) is 4.58. The van der Waals surface area contributed by atoms with Gasteiger partial charge in [0.05, 0.1) is 17.1 Å². The van der Waals surface area contributed by atoms with Crippen molar-refractivity contribution in [2.24, 2.45) is 9.98 Å². The third-order valence-corrected chi connectivity index (χ3v) is 6.90. The fourth-order valence-corrected chi connectivity index (χ4v) is 4.58. The largest absolute Gasteiger partial charge is 0.569 e. The van der Waals surface area contributed by atoms with E-state index in [0.717, 1.165) is 12.0 Å². The summed E-state index contributed by atoms with van der Waals surface area (Å²) in [5, 5.41) is 52.0. The fraction of sp³-hybridized carbons (Fsp3) is 0.194. The number of aliphatic imine (C=N–C) groups is 2. The maximum absolute atomic E-state index is 12.3. The SMILES string of the molecule is Cc1ccc(N=C2C=CC(=Nc3ccc(Nc4ccc(NC(=O)CCCCCO)cc4O[B]O)cc3O[B]O)C=C2O[B]O)cc1O[B]O. The van der Waals surface area contributed by atoms with Crippen LogP contribution in [0.5, 0.6) is 17.2 Å². The Hall–Kier alpha value is -4.99. The van der Waals surface area contributed by atoms with Crippen molar-refractivity contribution < 1.29 is 48.6 Å². The average Bonchev–Trinajstić information content (AvgIpc) is 3.08. The van der Waals surface area contributed by atoms with Crippen LogP contribution in [0.3, 0.4) is 0 Å². The molecule has 7 N–H and O–H groups in total. The summed E-state index contributed by atoms with van der Waals surface area (Å²) in [6.07, 6.45) is 7.16. The second kappa shape index (κ2) is 19.1. The summed E-state index contributed by atoms with van der Waals surface area (Å²) in [5.74, 6) is 0.793. The maximum atomic E-state index is 12.3. The smallest absolute Gasteiger partial charge is 0.537 e. The zero-order chi connectivity index (χ0) is 35.0. The number of aryl methyl sites for hydroxylation is 1. The first kappa shape index (κ1) is 36.8. The molecule has 0 aliphatic heterocycles. The van der Waals surface area contributed by atoms with Gasteiger partial charge in [0.1, 0.15) is 34.4 Å². The summed E-state index contributed by atoms with van der Waals surface area (Å²) >= 11 is 0. The van der Waals surface area contributed by atoms with Crippen LogP contribution in [0.1, 0.15) is 31.2 Å². The lowest BCUT2D eigenvalue weighted by Gasteiger charge is -2.16. The number of hydrogen-bond acceptors (Lipinski definition) is 13. The van der Waals surface area contributed by atoms with Crippen LogP contribution in [-0.2, 0) is 9.45 Å². The first-order valence-electron chi connectivity index (χ1n) is 15.0. The number of hydrogen-bond donors (Lipinski definition) is 7. The van der Waals surface area contributed by atoms with E-state index in [4.69, 9.17) is 28.7 Å². The number of carbonyl (C=O) groups excluding carboxylic acids is 1. The Kier molecular flexibility index (Phi) is 14.4. The Morgan fingerprint density at radius 1 is 0.755 bits per heavy atom. The number of aliphatic hydroxyl groups excluding tert-OH is 1. The molecule has 14 nitrogen and oxygen atoms in total. The Balaban J connectivity index is 1.54. The Morgan fingerprint density at radius 3 is 2.22 bits per heavy atom. The molecule has 1 amide bonds. The normalized spacial score (nSPS) is 13.7. The molecule has 0 bridgehead atoms. The molecule has 0 fully saturated rings. The molecule has 4 radical (unpaired) electrons. The minimum atomic E-state index is -0.191. The van der Waals surface area contributed by atoms with Gasteiger partial charge in [-0.2, -0.15) is 0 Å². The van der Waals surface area contributed by atoms with Crippen molar-refractivity contribution in [2.75, 3.05) is 17.2 Å². The van der Waals surface area contributed by atoms with Crippen molar-refractivity contribution >= 4 is 76.5 Å². The van der Waals surface area contributed by atoms with Crippen molar-refractivity contribution in [3.63, 3.8) is 0 Å². The maximum Gasteiger partial charge on any atom is 0.569 e. The van der Waals surface area contributed by atoms with Gasteiger partial charge in [0.2, 0.25) is 5.91 Å². The molecule has 3 aromatic carbocycles. The van der Waals surface area contributed by atoms with Crippen molar-refractivity contribution in [1.29, 1.82) is 0 Å². The molecular weight excluding hydrogens is 632 g/mol. The van der Waals surface area contributed by atoms with E-state index in [1.807, 2.05) is 6.92 Å². The van der Waals surface area contributed by atoms with Gasteiger partial charge in [-0.3, -0.25) is 4.79 Å². The number of unbranched alkanes of at least 4 members (excludes halogenated alkanes) is 2. The van der Waals surface area contributed by atoms with Gasteiger partial charge in [0.25, 0.3) is 0 Å². The molecule has 3 aromatic rings. The van der Waals surface area contributed by atoms with E-state index in [1.54, 1.807) is 72.8 Å². The molecule has 0 aromatic heterocycles. The first-order valence-corrected chi connectivity index (χ1v) is 15.0. The number of carbonyl (C=O) groups is 1. The Labute approximate surface area is 286 Å². The molecule has 1 aliphatic rings. The van der Waals surface area contributed by atoms with Crippen LogP contribution in [0.15, 0.2) is 88.6 Å². The molecule has 4 rings (SSSR count). The molecule has 0 heterocycles. The molecule has 1 aliphatic carbocycles. The lowest BCUT2D eigenvalue weighted by atomic mass is 10.1. The molecule has 49 heavy (non-hydrogen) atoms. The van der Waals surface area contributed by atoms with E-state index in [1.165, 1.54) is 0 Å². The quantitative estimate of drug-likeness (QED) is 0.0599. The van der Waals surface area contributed by atoms with E-state index in [2.05, 4.69) is 20.6 Å². The van der Waals surface area contributed by atoms with Gasteiger partial charge in [-0.15, -0.1) is 0 Å². The second-order valence-electron chi connectivity index (χ2n) is 10.3. The predicted octanol–water partition coefficient (Wildman–Crippen LogP) is 2.79.